The second-order valence-electron chi connectivity index (χ2n) is 7.00. The molecule has 0 aliphatic rings. The number of halogens is 2. The maximum atomic E-state index is 14.0. The van der Waals surface area contributed by atoms with Crippen molar-refractivity contribution in [2.24, 2.45) is 0 Å². The first kappa shape index (κ1) is 20.9. The number of fused-ring (bicyclic) bond motifs is 1. The minimum Gasteiger partial charge on any atom is -0.496 e. The highest BCUT2D eigenvalue weighted by atomic mass is 79.9. The molecule has 0 saturated heterocycles. The van der Waals surface area contributed by atoms with E-state index in [0.717, 1.165) is 22.1 Å². The summed E-state index contributed by atoms with van der Waals surface area (Å²) in [5.41, 5.74) is 4.21. The number of carbonyl (C=O) groups excluding carboxylic acids is 1. The van der Waals surface area contributed by atoms with Gasteiger partial charge in [-0.2, -0.15) is 0 Å². The molecule has 4 nitrogen and oxygen atoms in total. The number of hydrogen-bond donors (Lipinski definition) is 1. The molecule has 156 valence electrons. The summed E-state index contributed by atoms with van der Waals surface area (Å²) in [5, 5.41) is 3.49. The van der Waals surface area contributed by atoms with E-state index in [1.54, 1.807) is 25.5 Å². The summed E-state index contributed by atoms with van der Waals surface area (Å²) >= 11 is 3.20. The van der Waals surface area contributed by atoms with Crippen LogP contribution in [0.25, 0.3) is 27.7 Å². The first-order valence-corrected chi connectivity index (χ1v) is 10.3. The van der Waals surface area contributed by atoms with E-state index < -0.39 is 11.7 Å². The van der Waals surface area contributed by atoms with Crippen molar-refractivity contribution in [3.63, 3.8) is 0 Å². The Kier molecular flexibility index (Phi) is 5.91. The Labute approximate surface area is 187 Å². The fourth-order valence-corrected chi connectivity index (χ4v) is 3.74. The lowest BCUT2D eigenvalue weighted by atomic mass is 9.99. The molecule has 0 saturated carbocycles. The molecule has 0 aliphatic carbocycles. The first-order valence-electron chi connectivity index (χ1n) is 9.55. The quantitative estimate of drug-likeness (QED) is 0.312. The van der Waals surface area contributed by atoms with Crippen molar-refractivity contribution in [1.82, 2.24) is 0 Å². The van der Waals surface area contributed by atoms with Crippen LogP contribution in [0.15, 0.2) is 81.9 Å². The van der Waals surface area contributed by atoms with Crippen molar-refractivity contribution >= 4 is 44.1 Å². The highest BCUT2D eigenvalue weighted by Crippen LogP contribution is 2.37. The molecule has 0 fully saturated rings. The van der Waals surface area contributed by atoms with E-state index in [2.05, 4.69) is 21.2 Å². The third-order valence-electron chi connectivity index (χ3n) is 4.94. The molecule has 1 heterocycles. The number of ether oxygens (including phenoxy) is 1. The summed E-state index contributed by atoms with van der Waals surface area (Å²) in [5.74, 6) is -0.368. The highest BCUT2D eigenvalue weighted by Gasteiger charge is 2.15. The molecule has 1 amide bonds. The molecular formula is C25H19BrFNO3. The molecule has 6 heteroatoms. The van der Waals surface area contributed by atoms with Crippen LogP contribution in [0.2, 0.25) is 0 Å². The second kappa shape index (κ2) is 8.78. The maximum absolute atomic E-state index is 14.0. The summed E-state index contributed by atoms with van der Waals surface area (Å²) in [6, 6.07) is 18.1. The van der Waals surface area contributed by atoms with Crippen molar-refractivity contribution in [3.8, 4) is 16.9 Å². The van der Waals surface area contributed by atoms with Crippen LogP contribution >= 0.6 is 15.9 Å². The summed E-state index contributed by atoms with van der Waals surface area (Å²) in [6.07, 6.45) is 3.14. The van der Waals surface area contributed by atoms with Crippen LogP contribution in [-0.4, -0.2) is 13.0 Å². The van der Waals surface area contributed by atoms with E-state index in [9.17, 15) is 9.18 Å². The van der Waals surface area contributed by atoms with E-state index in [4.69, 9.17) is 9.15 Å². The average Bonchev–Trinajstić information content (AvgIpc) is 3.18. The van der Waals surface area contributed by atoms with Gasteiger partial charge in [0.15, 0.2) is 0 Å². The fraction of sp³-hybridized carbons (Fsp3) is 0.0800. The van der Waals surface area contributed by atoms with Gasteiger partial charge in [0.1, 0.15) is 17.1 Å². The number of carbonyl (C=O) groups is 1. The van der Waals surface area contributed by atoms with Crippen LogP contribution in [0.5, 0.6) is 5.75 Å². The molecular weight excluding hydrogens is 461 g/mol. The number of anilines is 1. The van der Waals surface area contributed by atoms with Crippen molar-refractivity contribution in [3.05, 3.63) is 88.9 Å². The molecule has 0 bridgehead atoms. The molecule has 0 radical (unpaired) electrons. The Bertz CT molecular complexity index is 1300. The van der Waals surface area contributed by atoms with Crippen molar-refractivity contribution in [1.29, 1.82) is 0 Å². The highest BCUT2D eigenvalue weighted by molar-refractivity contribution is 9.10. The Hall–Kier alpha value is -3.38. The normalized spacial score (nSPS) is 11.5. The summed E-state index contributed by atoms with van der Waals surface area (Å²) in [6.45, 7) is 1.81. The minimum atomic E-state index is -0.515. The number of amides is 1. The van der Waals surface area contributed by atoms with Crippen LogP contribution in [0.4, 0.5) is 10.1 Å². The van der Waals surface area contributed by atoms with Crippen LogP contribution in [0.3, 0.4) is 0 Å². The number of furan rings is 1. The average molecular weight is 480 g/mol. The van der Waals surface area contributed by atoms with Gasteiger partial charge in [0.25, 0.3) is 0 Å². The molecule has 31 heavy (non-hydrogen) atoms. The lowest BCUT2D eigenvalue weighted by Gasteiger charge is -2.10. The third-order valence-corrected chi connectivity index (χ3v) is 5.44. The van der Waals surface area contributed by atoms with Crippen LogP contribution in [-0.2, 0) is 4.79 Å². The van der Waals surface area contributed by atoms with Gasteiger partial charge in [-0.1, -0.05) is 46.3 Å². The SMILES string of the molecule is COc1cc2occ(-c3ccccc3)c2cc1/C(C)=C/C(=O)Nc1ccc(Br)cc1F. The molecule has 4 rings (SSSR count). The maximum Gasteiger partial charge on any atom is 0.248 e. The summed E-state index contributed by atoms with van der Waals surface area (Å²) in [4.78, 5) is 12.5. The van der Waals surface area contributed by atoms with Crippen LogP contribution < -0.4 is 10.1 Å². The van der Waals surface area contributed by atoms with Gasteiger partial charge >= 0.3 is 0 Å². The molecule has 0 spiro atoms. The number of hydrogen-bond acceptors (Lipinski definition) is 3. The number of methoxy groups -OCH3 is 1. The molecule has 1 N–H and O–H groups in total. The topological polar surface area (TPSA) is 51.5 Å². The van der Waals surface area contributed by atoms with Gasteiger partial charge in [-0.3, -0.25) is 4.79 Å². The third kappa shape index (κ3) is 4.39. The lowest BCUT2D eigenvalue weighted by molar-refractivity contribution is -0.111. The van der Waals surface area contributed by atoms with Gasteiger partial charge in [-0.25, -0.2) is 4.39 Å². The van der Waals surface area contributed by atoms with Crippen molar-refractivity contribution in [2.75, 3.05) is 12.4 Å². The standard InChI is InChI=1S/C25H19BrFNO3/c1-15(10-25(29)28-22-9-8-17(26)11-21(22)27)18-12-19-20(16-6-4-3-5-7-16)14-31-24(19)13-23(18)30-2/h3-14H,1-2H3,(H,28,29)/b15-10+. The molecule has 1 aromatic heterocycles. The zero-order chi connectivity index (χ0) is 22.0. The number of rotatable bonds is 5. The first-order chi connectivity index (χ1) is 15.0. The number of nitrogens with one attached hydrogen (secondary N) is 1. The molecule has 4 aromatic rings. The zero-order valence-electron chi connectivity index (χ0n) is 16.9. The largest absolute Gasteiger partial charge is 0.496 e. The number of allylic oxidation sites excluding steroid dienone is 1. The summed E-state index contributed by atoms with van der Waals surface area (Å²) in [7, 11) is 1.57. The van der Waals surface area contributed by atoms with E-state index in [-0.39, 0.29) is 5.69 Å². The Balaban J connectivity index is 1.70. The molecule has 0 unspecified atom stereocenters. The van der Waals surface area contributed by atoms with Gasteiger partial charge in [-0.05, 0) is 42.3 Å². The number of benzene rings is 3. The van der Waals surface area contributed by atoms with Crippen molar-refractivity contribution in [2.45, 2.75) is 6.92 Å². The molecule has 0 aliphatic heterocycles. The lowest BCUT2D eigenvalue weighted by Crippen LogP contribution is -2.10. The van der Waals surface area contributed by atoms with Gasteiger partial charge in [0.2, 0.25) is 5.91 Å². The van der Waals surface area contributed by atoms with Crippen molar-refractivity contribution < 1.29 is 18.3 Å². The Morgan fingerprint density at radius 1 is 1.13 bits per heavy atom. The van der Waals surface area contributed by atoms with E-state index >= 15 is 0 Å². The van der Waals surface area contributed by atoms with Gasteiger partial charge in [0.05, 0.1) is 19.1 Å². The summed E-state index contributed by atoms with van der Waals surface area (Å²) < 4.78 is 25.9. The van der Waals surface area contributed by atoms with Crippen LogP contribution in [0, 0.1) is 5.82 Å². The zero-order valence-corrected chi connectivity index (χ0v) is 18.5. The molecule has 0 atom stereocenters. The second-order valence-corrected chi connectivity index (χ2v) is 7.92. The van der Waals surface area contributed by atoms with Gasteiger partial charge in [0, 0.05) is 33.1 Å². The Morgan fingerprint density at radius 2 is 1.90 bits per heavy atom. The van der Waals surface area contributed by atoms with E-state index in [0.29, 0.717) is 21.4 Å². The fourth-order valence-electron chi connectivity index (χ4n) is 3.41. The van der Waals surface area contributed by atoms with Crippen LogP contribution in [0.1, 0.15) is 12.5 Å². The predicted octanol–water partition coefficient (Wildman–Crippen LogP) is 7.05. The Morgan fingerprint density at radius 3 is 2.61 bits per heavy atom. The smallest absolute Gasteiger partial charge is 0.248 e. The predicted molar refractivity (Wildman–Crippen MR) is 125 cm³/mol. The van der Waals surface area contributed by atoms with Gasteiger partial charge < -0.3 is 14.5 Å². The monoisotopic (exact) mass is 479 g/mol. The van der Waals surface area contributed by atoms with E-state index in [1.807, 2.05) is 43.3 Å². The minimum absolute atomic E-state index is 0.112. The molecule has 3 aromatic carbocycles. The van der Waals surface area contributed by atoms with Gasteiger partial charge in [-0.15, -0.1) is 0 Å². The van der Waals surface area contributed by atoms with E-state index in [1.165, 1.54) is 18.2 Å².